The van der Waals surface area contributed by atoms with Crippen molar-refractivity contribution in [2.24, 2.45) is 5.92 Å². The molecule has 2 aromatic rings. The molecule has 1 aromatic heterocycles. The molecule has 2 amide bonds. The summed E-state index contributed by atoms with van der Waals surface area (Å²) in [6.45, 7) is 3.45. The van der Waals surface area contributed by atoms with Crippen LogP contribution in [-0.4, -0.2) is 62.4 Å². The normalized spacial score (nSPS) is 20.1. The summed E-state index contributed by atoms with van der Waals surface area (Å²) in [5, 5.41) is 2.76. The third-order valence-corrected chi connectivity index (χ3v) is 7.30. The Morgan fingerprint density at radius 1 is 1.13 bits per heavy atom. The number of aryl methyl sites for hydroxylation is 1. The molecule has 0 aliphatic carbocycles. The van der Waals surface area contributed by atoms with E-state index >= 15 is 0 Å². The molecule has 0 bridgehead atoms. The molecule has 10 heteroatoms. The van der Waals surface area contributed by atoms with Crippen LogP contribution >= 0.6 is 0 Å². The third-order valence-electron chi connectivity index (χ3n) is 5.39. The lowest BCUT2D eigenvalue weighted by atomic mass is 10.1. The van der Waals surface area contributed by atoms with Gasteiger partial charge in [0.15, 0.2) is 0 Å². The van der Waals surface area contributed by atoms with Gasteiger partial charge in [0.2, 0.25) is 21.8 Å². The quantitative estimate of drug-likeness (QED) is 0.747. The van der Waals surface area contributed by atoms with E-state index in [0.717, 1.165) is 5.69 Å². The second-order valence-corrected chi connectivity index (χ2v) is 9.51. The van der Waals surface area contributed by atoms with Crippen molar-refractivity contribution in [1.29, 1.82) is 0 Å². The number of nitrogens with zero attached hydrogens (tertiary/aromatic N) is 3. The largest absolute Gasteiger partial charge is 0.379 e. The maximum Gasteiger partial charge on any atom is 0.243 e. The van der Waals surface area contributed by atoms with E-state index < -0.39 is 15.9 Å². The zero-order valence-corrected chi connectivity index (χ0v) is 18.0. The standard InChI is InChI=1S/C21H24N4O5S/c1-15-3-2-4-19(22-15)23-21(27)16-13-20(26)25(14-16)17-5-7-18(8-6-17)31(28,29)24-9-11-30-12-10-24/h2-8,16H,9-14H2,1H3,(H,22,23,27)/t16-/m0/s1. The van der Waals surface area contributed by atoms with Crippen molar-refractivity contribution in [3.63, 3.8) is 0 Å². The Morgan fingerprint density at radius 3 is 2.52 bits per heavy atom. The number of carbonyl (C=O) groups is 2. The molecule has 0 radical (unpaired) electrons. The number of amides is 2. The first-order valence-electron chi connectivity index (χ1n) is 10.1. The number of pyridine rings is 1. The van der Waals surface area contributed by atoms with E-state index in [2.05, 4.69) is 10.3 Å². The number of nitrogens with one attached hydrogen (secondary N) is 1. The molecule has 31 heavy (non-hydrogen) atoms. The summed E-state index contributed by atoms with van der Waals surface area (Å²) < 4.78 is 32.1. The van der Waals surface area contributed by atoms with Gasteiger partial charge in [0.1, 0.15) is 5.82 Å². The fourth-order valence-corrected chi connectivity index (χ4v) is 5.12. The highest BCUT2D eigenvalue weighted by molar-refractivity contribution is 7.89. The van der Waals surface area contributed by atoms with Crippen molar-refractivity contribution in [2.75, 3.05) is 43.1 Å². The van der Waals surface area contributed by atoms with Gasteiger partial charge in [-0.25, -0.2) is 13.4 Å². The molecule has 1 N–H and O–H groups in total. The van der Waals surface area contributed by atoms with Gasteiger partial charge >= 0.3 is 0 Å². The molecule has 3 heterocycles. The highest BCUT2D eigenvalue weighted by Crippen LogP contribution is 2.28. The van der Waals surface area contributed by atoms with E-state index in [1.54, 1.807) is 24.3 Å². The molecule has 164 valence electrons. The fraction of sp³-hybridized carbons (Fsp3) is 0.381. The summed E-state index contributed by atoms with van der Waals surface area (Å²) in [6, 6.07) is 11.5. The van der Waals surface area contributed by atoms with Crippen LogP contribution in [0.4, 0.5) is 11.5 Å². The van der Waals surface area contributed by atoms with Crippen LogP contribution in [-0.2, 0) is 24.3 Å². The Labute approximate surface area is 181 Å². The number of anilines is 2. The number of morpholine rings is 1. The topological polar surface area (TPSA) is 109 Å². The van der Waals surface area contributed by atoms with Gasteiger partial charge in [-0.1, -0.05) is 6.07 Å². The average molecular weight is 445 g/mol. The zero-order chi connectivity index (χ0) is 22.0. The van der Waals surface area contributed by atoms with Crippen molar-refractivity contribution in [3.8, 4) is 0 Å². The second-order valence-electron chi connectivity index (χ2n) is 7.57. The minimum absolute atomic E-state index is 0.0888. The SMILES string of the molecule is Cc1cccc(NC(=O)[C@H]2CC(=O)N(c3ccc(S(=O)(=O)N4CCOCC4)cc3)C2)n1. The van der Waals surface area contributed by atoms with Crippen LogP contribution in [0.15, 0.2) is 47.4 Å². The highest BCUT2D eigenvalue weighted by Gasteiger charge is 2.35. The predicted octanol–water partition coefficient (Wildman–Crippen LogP) is 1.40. The lowest BCUT2D eigenvalue weighted by Crippen LogP contribution is -2.40. The molecule has 0 saturated carbocycles. The molecule has 4 rings (SSSR count). The Kier molecular flexibility index (Phi) is 6.03. The lowest BCUT2D eigenvalue weighted by molar-refractivity contribution is -0.122. The first-order valence-corrected chi connectivity index (χ1v) is 11.5. The molecule has 2 fully saturated rings. The lowest BCUT2D eigenvalue weighted by Gasteiger charge is -2.26. The van der Waals surface area contributed by atoms with Gasteiger partial charge < -0.3 is 15.0 Å². The number of hydrogen-bond acceptors (Lipinski definition) is 6. The first-order chi connectivity index (χ1) is 14.8. The van der Waals surface area contributed by atoms with E-state index in [0.29, 0.717) is 37.8 Å². The van der Waals surface area contributed by atoms with E-state index in [-0.39, 0.29) is 29.7 Å². The van der Waals surface area contributed by atoms with Crippen LogP contribution < -0.4 is 10.2 Å². The molecule has 1 atom stereocenters. The van der Waals surface area contributed by atoms with Crippen LogP contribution in [0.2, 0.25) is 0 Å². The Balaban J connectivity index is 1.44. The van der Waals surface area contributed by atoms with Gasteiger partial charge in [0, 0.05) is 37.4 Å². The van der Waals surface area contributed by atoms with Crippen LogP contribution in [0.25, 0.3) is 0 Å². The maximum absolute atomic E-state index is 12.8. The highest BCUT2D eigenvalue weighted by atomic mass is 32.2. The zero-order valence-electron chi connectivity index (χ0n) is 17.2. The molecule has 0 spiro atoms. The number of sulfonamides is 1. The molecular formula is C21H24N4O5S. The summed E-state index contributed by atoms with van der Waals surface area (Å²) in [4.78, 5) is 31.0. The van der Waals surface area contributed by atoms with Crippen LogP contribution in [0.5, 0.6) is 0 Å². The van der Waals surface area contributed by atoms with Gasteiger partial charge in [0.05, 0.1) is 24.0 Å². The van der Waals surface area contributed by atoms with E-state index in [1.807, 2.05) is 13.0 Å². The summed E-state index contributed by atoms with van der Waals surface area (Å²) in [5.74, 6) is -0.498. The van der Waals surface area contributed by atoms with Crippen molar-refractivity contribution < 1.29 is 22.7 Å². The smallest absolute Gasteiger partial charge is 0.243 e. The van der Waals surface area contributed by atoms with Gasteiger partial charge in [-0.15, -0.1) is 0 Å². The molecule has 2 saturated heterocycles. The van der Waals surface area contributed by atoms with Crippen LogP contribution in [0.1, 0.15) is 12.1 Å². The van der Waals surface area contributed by atoms with E-state index in [9.17, 15) is 18.0 Å². The molecular weight excluding hydrogens is 420 g/mol. The number of benzene rings is 1. The Bertz CT molecular complexity index is 1080. The summed E-state index contributed by atoms with van der Waals surface area (Å²) >= 11 is 0. The van der Waals surface area contributed by atoms with Crippen molar-refractivity contribution in [2.45, 2.75) is 18.2 Å². The number of ether oxygens (including phenoxy) is 1. The average Bonchev–Trinajstić information content (AvgIpc) is 3.16. The van der Waals surface area contributed by atoms with Crippen LogP contribution in [0, 0.1) is 12.8 Å². The monoisotopic (exact) mass is 444 g/mol. The Morgan fingerprint density at radius 2 is 1.84 bits per heavy atom. The number of hydrogen-bond donors (Lipinski definition) is 1. The third kappa shape index (κ3) is 4.60. The molecule has 2 aliphatic rings. The van der Waals surface area contributed by atoms with Gasteiger partial charge in [0.25, 0.3) is 0 Å². The summed E-state index contributed by atoms with van der Waals surface area (Å²) in [7, 11) is -3.60. The maximum atomic E-state index is 12.8. The summed E-state index contributed by atoms with van der Waals surface area (Å²) in [6.07, 6.45) is 0.0888. The second kappa shape index (κ2) is 8.74. The predicted molar refractivity (Wildman–Crippen MR) is 114 cm³/mol. The first kappa shape index (κ1) is 21.4. The number of carbonyl (C=O) groups excluding carboxylic acids is 2. The number of aromatic nitrogens is 1. The molecule has 2 aliphatic heterocycles. The minimum atomic E-state index is -3.60. The van der Waals surface area contributed by atoms with Crippen molar-refractivity contribution in [1.82, 2.24) is 9.29 Å². The fourth-order valence-electron chi connectivity index (χ4n) is 3.71. The molecule has 0 unspecified atom stereocenters. The van der Waals surface area contributed by atoms with Gasteiger partial charge in [-0.2, -0.15) is 4.31 Å². The van der Waals surface area contributed by atoms with Crippen molar-refractivity contribution >= 4 is 33.3 Å². The van der Waals surface area contributed by atoms with Crippen molar-refractivity contribution in [3.05, 3.63) is 48.2 Å². The van der Waals surface area contributed by atoms with Gasteiger partial charge in [-0.3, -0.25) is 9.59 Å². The Hall–Kier alpha value is -2.82. The van der Waals surface area contributed by atoms with E-state index in [1.165, 1.54) is 21.3 Å². The summed E-state index contributed by atoms with van der Waals surface area (Å²) in [5.41, 5.74) is 1.35. The molecule has 9 nitrogen and oxygen atoms in total. The molecule has 1 aromatic carbocycles. The number of rotatable bonds is 5. The van der Waals surface area contributed by atoms with E-state index in [4.69, 9.17) is 4.74 Å². The van der Waals surface area contributed by atoms with Gasteiger partial charge in [-0.05, 0) is 43.3 Å². The minimum Gasteiger partial charge on any atom is -0.379 e. The van der Waals surface area contributed by atoms with Crippen LogP contribution in [0.3, 0.4) is 0 Å².